The minimum absolute atomic E-state index is 0.323. The second-order valence-corrected chi connectivity index (χ2v) is 3.82. The number of nitro groups is 1. The first kappa shape index (κ1) is 14.3. The van der Waals surface area contributed by atoms with Crippen molar-refractivity contribution in [2.45, 2.75) is 0 Å². The van der Waals surface area contributed by atoms with Gasteiger partial charge in [-0.25, -0.2) is 18.6 Å². The number of benzene rings is 1. The number of nitrogens with zero attached hydrogens (tertiary/aromatic N) is 2. The van der Waals surface area contributed by atoms with Crippen LogP contribution in [-0.2, 0) is 0 Å². The maximum absolute atomic E-state index is 13.0. The summed E-state index contributed by atoms with van der Waals surface area (Å²) in [7, 11) is 0. The summed E-state index contributed by atoms with van der Waals surface area (Å²) >= 11 is 0. The molecule has 0 atom stereocenters. The second-order valence-electron chi connectivity index (χ2n) is 3.82. The van der Waals surface area contributed by atoms with Gasteiger partial charge < -0.3 is 9.84 Å². The van der Waals surface area contributed by atoms with Gasteiger partial charge in [0.25, 0.3) is 5.69 Å². The minimum atomic E-state index is -1.53. The molecule has 0 spiro atoms. The molecule has 0 fully saturated rings. The number of carboxylic acids is 1. The van der Waals surface area contributed by atoms with E-state index < -0.39 is 39.7 Å². The summed E-state index contributed by atoms with van der Waals surface area (Å²) in [5, 5.41) is 19.5. The van der Waals surface area contributed by atoms with E-state index in [1.54, 1.807) is 0 Å². The smallest absolute Gasteiger partial charge is 0.341 e. The maximum atomic E-state index is 13.0. The molecule has 0 aliphatic rings. The van der Waals surface area contributed by atoms with Gasteiger partial charge in [0.2, 0.25) is 5.88 Å². The van der Waals surface area contributed by atoms with E-state index >= 15 is 0 Å². The van der Waals surface area contributed by atoms with Crippen molar-refractivity contribution in [3.8, 4) is 11.6 Å². The van der Waals surface area contributed by atoms with Crippen molar-refractivity contribution < 1.29 is 28.3 Å². The summed E-state index contributed by atoms with van der Waals surface area (Å²) in [6.45, 7) is 0. The van der Waals surface area contributed by atoms with Crippen LogP contribution in [0.15, 0.2) is 30.5 Å². The summed E-state index contributed by atoms with van der Waals surface area (Å²) in [4.78, 5) is 24.3. The lowest BCUT2D eigenvalue weighted by atomic mass is 10.2. The Morgan fingerprint density at radius 3 is 2.38 bits per heavy atom. The van der Waals surface area contributed by atoms with Crippen molar-refractivity contribution in [2.24, 2.45) is 0 Å². The third kappa shape index (κ3) is 3.26. The molecule has 9 heteroatoms. The largest absolute Gasteiger partial charge is 0.477 e. The van der Waals surface area contributed by atoms with Crippen LogP contribution in [0.5, 0.6) is 11.6 Å². The van der Waals surface area contributed by atoms with Crippen LogP contribution in [0.2, 0.25) is 0 Å². The molecule has 7 nitrogen and oxygen atoms in total. The fraction of sp³-hybridized carbons (Fsp3) is 0. The van der Waals surface area contributed by atoms with Crippen molar-refractivity contribution >= 4 is 11.7 Å². The number of aromatic carboxylic acids is 1. The zero-order valence-electron chi connectivity index (χ0n) is 10.1. The molecule has 21 heavy (non-hydrogen) atoms. The maximum Gasteiger partial charge on any atom is 0.341 e. The number of ether oxygens (including phenoxy) is 1. The standard InChI is InChI=1S/C12H6F2N2O5/c13-6-1-7(14)3-9(2-6)21-11-10(12(17)18)4-8(5-15-11)16(19)20/h1-5H,(H,17,18). The predicted molar refractivity (Wildman–Crippen MR) is 64.3 cm³/mol. The molecule has 0 saturated carbocycles. The van der Waals surface area contributed by atoms with Crippen LogP contribution in [0.3, 0.4) is 0 Å². The lowest BCUT2D eigenvalue weighted by molar-refractivity contribution is -0.385. The van der Waals surface area contributed by atoms with Crippen LogP contribution < -0.4 is 4.74 Å². The number of hydrogen-bond acceptors (Lipinski definition) is 5. The molecule has 0 aliphatic heterocycles. The van der Waals surface area contributed by atoms with Crippen LogP contribution in [-0.4, -0.2) is 21.0 Å². The van der Waals surface area contributed by atoms with E-state index in [-0.39, 0.29) is 5.75 Å². The monoisotopic (exact) mass is 296 g/mol. The van der Waals surface area contributed by atoms with Crippen molar-refractivity contribution in [1.29, 1.82) is 0 Å². The molecular weight excluding hydrogens is 290 g/mol. The van der Waals surface area contributed by atoms with Crippen LogP contribution >= 0.6 is 0 Å². The Bertz CT molecular complexity index is 715. The van der Waals surface area contributed by atoms with E-state index in [1.165, 1.54) is 0 Å². The number of rotatable bonds is 4. The van der Waals surface area contributed by atoms with E-state index in [9.17, 15) is 23.7 Å². The van der Waals surface area contributed by atoms with Crippen LogP contribution in [0.25, 0.3) is 0 Å². The molecule has 108 valence electrons. The third-order valence-corrected chi connectivity index (χ3v) is 2.33. The molecule has 0 saturated heterocycles. The highest BCUT2D eigenvalue weighted by molar-refractivity contribution is 5.91. The second kappa shape index (κ2) is 5.49. The van der Waals surface area contributed by atoms with E-state index in [0.29, 0.717) is 6.07 Å². The number of pyridine rings is 1. The number of carbonyl (C=O) groups is 1. The van der Waals surface area contributed by atoms with Gasteiger partial charge >= 0.3 is 5.97 Å². The average Bonchev–Trinajstić information content (AvgIpc) is 2.37. The van der Waals surface area contributed by atoms with Gasteiger partial charge in [0.05, 0.1) is 4.92 Å². The average molecular weight is 296 g/mol. The molecular formula is C12H6F2N2O5. The van der Waals surface area contributed by atoms with Crippen LogP contribution in [0.4, 0.5) is 14.5 Å². The Kier molecular flexibility index (Phi) is 3.74. The lowest BCUT2D eigenvalue weighted by Crippen LogP contribution is -2.04. The molecule has 0 unspecified atom stereocenters. The number of carboxylic acid groups (broad SMARTS) is 1. The first-order chi connectivity index (χ1) is 9.86. The van der Waals surface area contributed by atoms with Gasteiger partial charge in [-0.3, -0.25) is 10.1 Å². The zero-order chi connectivity index (χ0) is 15.6. The van der Waals surface area contributed by atoms with E-state index in [4.69, 9.17) is 9.84 Å². The SMILES string of the molecule is O=C(O)c1cc([N+](=O)[O-])cnc1Oc1cc(F)cc(F)c1. The number of hydrogen-bond donors (Lipinski definition) is 1. The zero-order valence-corrected chi connectivity index (χ0v) is 10.1. The molecule has 2 aromatic rings. The highest BCUT2D eigenvalue weighted by Crippen LogP contribution is 2.27. The molecule has 0 radical (unpaired) electrons. The normalized spacial score (nSPS) is 10.2. The van der Waals surface area contributed by atoms with Gasteiger partial charge in [0.1, 0.15) is 29.1 Å². The molecule has 2 rings (SSSR count). The molecule has 1 heterocycles. The predicted octanol–water partition coefficient (Wildman–Crippen LogP) is 2.76. The van der Waals surface area contributed by atoms with Crippen molar-refractivity contribution in [1.82, 2.24) is 4.98 Å². The summed E-state index contributed by atoms with van der Waals surface area (Å²) in [6, 6.07) is 2.98. The highest BCUT2D eigenvalue weighted by atomic mass is 19.1. The summed E-state index contributed by atoms with van der Waals surface area (Å²) in [6.07, 6.45) is 0.775. The molecule has 1 aromatic heterocycles. The van der Waals surface area contributed by atoms with Gasteiger partial charge in [-0.2, -0.15) is 0 Å². The topological polar surface area (TPSA) is 103 Å². The van der Waals surface area contributed by atoms with Gasteiger partial charge in [0.15, 0.2) is 0 Å². The van der Waals surface area contributed by atoms with Crippen LogP contribution in [0.1, 0.15) is 10.4 Å². The molecule has 1 aromatic carbocycles. The van der Waals surface area contributed by atoms with E-state index in [0.717, 1.165) is 24.4 Å². The Balaban J connectivity index is 2.43. The highest BCUT2D eigenvalue weighted by Gasteiger charge is 2.19. The van der Waals surface area contributed by atoms with Gasteiger partial charge in [-0.15, -0.1) is 0 Å². The van der Waals surface area contributed by atoms with Crippen molar-refractivity contribution in [2.75, 3.05) is 0 Å². The van der Waals surface area contributed by atoms with Gasteiger partial charge in [-0.1, -0.05) is 0 Å². The Morgan fingerprint density at radius 1 is 1.24 bits per heavy atom. The van der Waals surface area contributed by atoms with E-state index in [2.05, 4.69) is 4.98 Å². The first-order valence-electron chi connectivity index (χ1n) is 5.38. The van der Waals surface area contributed by atoms with Crippen molar-refractivity contribution in [3.05, 3.63) is 57.8 Å². The fourth-order valence-corrected chi connectivity index (χ4v) is 1.47. The summed E-state index contributed by atoms with van der Waals surface area (Å²) in [5.41, 5.74) is -1.15. The Morgan fingerprint density at radius 2 is 1.86 bits per heavy atom. The van der Waals surface area contributed by atoms with E-state index in [1.807, 2.05) is 0 Å². The minimum Gasteiger partial charge on any atom is -0.477 e. The Hall–Kier alpha value is -3.10. The molecule has 1 N–H and O–H groups in total. The third-order valence-electron chi connectivity index (χ3n) is 2.33. The Labute approximate surface area is 115 Å². The summed E-state index contributed by atoms with van der Waals surface area (Å²) < 4.78 is 31.0. The number of halogens is 2. The molecule has 0 amide bonds. The van der Waals surface area contributed by atoms with Crippen molar-refractivity contribution in [3.63, 3.8) is 0 Å². The molecule has 0 bridgehead atoms. The van der Waals surface area contributed by atoms with Crippen LogP contribution in [0, 0.1) is 21.7 Å². The summed E-state index contributed by atoms with van der Waals surface area (Å²) in [5.74, 6) is -4.22. The fourth-order valence-electron chi connectivity index (χ4n) is 1.47. The van der Waals surface area contributed by atoms with Gasteiger partial charge in [0, 0.05) is 24.3 Å². The first-order valence-corrected chi connectivity index (χ1v) is 5.38. The quantitative estimate of drug-likeness (QED) is 0.687. The number of aromatic nitrogens is 1. The van der Waals surface area contributed by atoms with Gasteiger partial charge in [-0.05, 0) is 0 Å². The molecule has 0 aliphatic carbocycles. The lowest BCUT2D eigenvalue weighted by Gasteiger charge is -2.07.